The number of ether oxygens (including phenoxy) is 2. The standard InChI is InChI=1S/C15H14BrClFNO2/c16-12-7-13(17)14(18)8-15(12)21-6-5-20-11-3-1-10(9-19)2-4-11/h1-4,7-8H,5-6,9,19H2. The van der Waals surface area contributed by atoms with E-state index < -0.39 is 5.82 Å². The van der Waals surface area contributed by atoms with E-state index in [1.807, 2.05) is 24.3 Å². The Bertz CT molecular complexity index is 607. The zero-order valence-corrected chi connectivity index (χ0v) is 13.5. The molecule has 2 aromatic rings. The lowest BCUT2D eigenvalue weighted by Gasteiger charge is -2.10. The molecule has 0 atom stereocenters. The van der Waals surface area contributed by atoms with Gasteiger partial charge < -0.3 is 15.2 Å². The summed E-state index contributed by atoms with van der Waals surface area (Å²) in [5.74, 6) is 0.601. The van der Waals surface area contributed by atoms with Crippen LogP contribution in [0.25, 0.3) is 0 Å². The summed E-state index contributed by atoms with van der Waals surface area (Å²) in [6.07, 6.45) is 0. The van der Waals surface area contributed by atoms with Crippen molar-refractivity contribution in [3.8, 4) is 11.5 Å². The first-order valence-corrected chi connectivity index (χ1v) is 7.46. The Morgan fingerprint density at radius 1 is 1.10 bits per heavy atom. The first-order chi connectivity index (χ1) is 10.1. The maximum atomic E-state index is 13.3. The minimum absolute atomic E-state index is 0.0467. The van der Waals surface area contributed by atoms with Crippen LogP contribution in [0.3, 0.4) is 0 Å². The summed E-state index contributed by atoms with van der Waals surface area (Å²) < 4.78 is 24.9. The lowest BCUT2D eigenvalue weighted by atomic mass is 10.2. The third-order valence-electron chi connectivity index (χ3n) is 2.74. The van der Waals surface area contributed by atoms with Crippen molar-refractivity contribution in [3.63, 3.8) is 0 Å². The molecule has 21 heavy (non-hydrogen) atoms. The molecule has 6 heteroatoms. The zero-order chi connectivity index (χ0) is 15.2. The highest BCUT2D eigenvalue weighted by Gasteiger charge is 2.07. The van der Waals surface area contributed by atoms with Gasteiger partial charge >= 0.3 is 0 Å². The van der Waals surface area contributed by atoms with Crippen molar-refractivity contribution in [2.45, 2.75) is 6.54 Å². The number of rotatable bonds is 6. The van der Waals surface area contributed by atoms with Gasteiger partial charge in [0.2, 0.25) is 0 Å². The fourth-order valence-corrected chi connectivity index (χ4v) is 2.40. The van der Waals surface area contributed by atoms with Crippen molar-refractivity contribution < 1.29 is 13.9 Å². The molecule has 0 aliphatic carbocycles. The van der Waals surface area contributed by atoms with Crippen LogP contribution in [0.4, 0.5) is 4.39 Å². The van der Waals surface area contributed by atoms with E-state index in [0.29, 0.717) is 23.4 Å². The highest BCUT2D eigenvalue weighted by atomic mass is 79.9. The fourth-order valence-electron chi connectivity index (χ4n) is 1.65. The van der Waals surface area contributed by atoms with Gasteiger partial charge in [0.05, 0.1) is 9.50 Å². The van der Waals surface area contributed by atoms with Crippen molar-refractivity contribution >= 4 is 27.5 Å². The Morgan fingerprint density at radius 3 is 2.43 bits per heavy atom. The minimum atomic E-state index is -0.520. The lowest BCUT2D eigenvalue weighted by Crippen LogP contribution is -2.09. The molecule has 0 amide bonds. The van der Waals surface area contributed by atoms with Crippen molar-refractivity contribution in [2.24, 2.45) is 5.73 Å². The quantitative estimate of drug-likeness (QED) is 0.610. The summed E-state index contributed by atoms with van der Waals surface area (Å²) >= 11 is 8.92. The van der Waals surface area contributed by atoms with Crippen LogP contribution < -0.4 is 15.2 Å². The monoisotopic (exact) mass is 373 g/mol. The second-order valence-electron chi connectivity index (χ2n) is 4.24. The van der Waals surface area contributed by atoms with Gasteiger partial charge in [0, 0.05) is 12.6 Å². The van der Waals surface area contributed by atoms with Gasteiger partial charge in [-0.3, -0.25) is 0 Å². The van der Waals surface area contributed by atoms with Gasteiger partial charge in [0.1, 0.15) is 30.5 Å². The number of benzene rings is 2. The lowest BCUT2D eigenvalue weighted by molar-refractivity contribution is 0.216. The molecule has 3 nitrogen and oxygen atoms in total. The molecule has 2 aromatic carbocycles. The summed E-state index contributed by atoms with van der Waals surface area (Å²) in [7, 11) is 0. The van der Waals surface area contributed by atoms with Crippen LogP contribution >= 0.6 is 27.5 Å². The van der Waals surface area contributed by atoms with Crippen LogP contribution in [0.15, 0.2) is 40.9 Å². The SMILES string of the molecule is NCc1ccc(OCCOc2cc(F)c(Cl)cc2Br)cc1. The van der Waals surface area contributed by atoms with E-state index in [1.165, 1.54) is 12.1 Å². The average Bonchev–Trinajstić information content (AvgIpc) is 2.49. The van der Waals surface area contributed by atoms with E-state index in [9.17, 15) is 4.39 Å². The molecular weight excluding hydrogens is 361 g/mol. The van der Waals surface area contributed by atoms with Crippen LogP contribution in [0.5, 0.6) is 11.5 Å². The van der Waals surface area contributed by atoms with Crippen LogP contribution in [0, 0.1) is 5.82 Å². The summed E-state index contributed by atoms with van der Waals surface area (Å²) in [4.78, 5) is 0. The van der Waals surface area contributed by atoms with E-state index in [4.69, 9.17) is 26.8 Å². The minimum Gasteiger partial charge on any atom is -0.490 e. The second kappa shape index (κ2) is 7.64. The van der Waals surface area contributed by atoms with E-state index in [2.05, 4.69) is 15.9 Å². The van der Waals surface area contributed by atoms with Gasteiger partial charge in [-0.25, -0.2) is 4.39 Å². The third-order valence-corrected chi connectivity index (χ3v) is 3.65. The van der Waals surface area contributed by atoms with E-state index in [-0.39, 0.29) is 11.6 Å². The molecule has 0 unspecified atom stereocenters. The zero-order valence-electron chi connectivity index (χ0n) is 11.1. The average molecular weight is 375 g/mol. The maximum absolute atomic E-state index is 13.3. The van der Waals surface area contributed by atoms with Gasteiger partial charge in [-0.2, -0.15) is 0 Å². The van der Waals surface area contributed by atoms with E-state index in [0.717, 1.165) is 11.3 Å². The summed E-state index contributed by atoms with van der Waals surface area (Å²) in [5, 5.41) is 0.0467. The molecule has 0 radical (unpaired) electrons. The Hall–Kier alpha value is -1.30. The topological polar surface area (TPSA) is 44.5 Å². The predicted molar refractivity (Wildman–Crippen MR) is 84.4 cm³/mol. The van der Waals surface area contributed by atoms with Crippen LogP contribution in [0.2, 0.25) is 5.02 Å². The summed E-state index contributed by atoms with van der Waals surface area (Å²) in [6.45, 7) is 1.14. The largest absolute Gasteiger partial charge is 0.490 e. The molecule has 0 aliphatic rings. The van der Waals surface area contributed by atoms with Crippen molar-refractivity contribution in [3.05, 3.63) is 57.3 Å². The Kier molecular flexibility index (Phi) is 5.85. The molecule has 0 heterocycles. The third kappa shape index (κ3) is 4.59. The fraction of sp³-hybridized carbons (Fsp3) is 0.200. The predicted octanol–water partition coefficient (Wildman–Crippen LogP) is 4.16. The molecule has 0 saturated carbocycles. The molecule has 2 rings (SSSR count). The molecule has 0 fully saturated rings. The first kappa shape index (κ1) is 16.1. The van der Waals surface area contributed by atoms with E-state index >= 15 is 0 Å². The summed E-state index contributed by atoms with van der Waals surface area (Å²) in [6, 6.07) is 10.2. The van der Waals surface area contributed by atoms with E-state index in [1.54, 1.807) is 0 Å². The second-order valence-corrected chi connectivity index (χ2v) is 5.50. The van der Waals surface area contributed by atoms with Crippen molar-refractivity contribution in [2.75, 3.05) is 13.2 Å². The van der Waals surface area contributed by atoms with Gasteiger partial charge in [0.25, 0.3) is 0 Å². The smallest absolute Gasteiger partial charge is 0.145 e. The van der Waals surface area contributed by atoms with Crippen LogP contribution in [0.1, 0.15) is 5.56 Å². The Morgan fingerprint density at radius 2 is 1.76 bits per heavy atom. The molecule has 112 valence electrons. The van der Waals surface area contributed by atoms with Gasteiger partial charge in [-0.05, 0) is 39.7 Å². The summed E-state index contributed by atoms with van der Waals surface area (Å²) in [5.41, 5.74) is 6.56. The van der Waals surface area contributed by atoms with Gasteiger partial charge in [-0.1, -0.05) is 23.7 Å². The first-order valence-electron chi connectivity index (χ1n) is 6.29. The van der Waals surface area contributed by atoms with Gasteiger partial charge in [0.15, 0.2) is 0 Å². The van der Waals surface area contributed by atoms with Gasteiger partial charge in [-0.15, -0.1) is 0 Å². The molecule has 2 N–H and O–H groups in total. The highest BCUT2D eigenvalue weighted by Crippen LogP contribution is 2.30. The molecule has 0 bridgehead atoms. The molecule has 0 aliphatic heterocycles. The molecular formula is C15H14BrClFNO2. The number of halogens is 3. The Labute approximate surface area is 135 Å². The normalized spacial score (nSPS) is 10.5. The number of hydrogen-bond donors (Lipinski definition) is 1. The molecule has 0 saturated heterocycles. The molecule has 0 aromatic heterocycles. The number of nitrogens with two attached hydrogens (primary N) is 1. The maximum Gasteiger partial charge on any atom is 0.145 e. The number of hydrogen-bond acceptors (Lipinski definition) is 3. The molecule has 0 spiro atoms. The van der Waals surface area contributed by atoms with Crippen molar-refractivity contribution in [1.82, 2.24) is 0 Å². The van der Waals surface area contributed by atoms with Crippen molar-refractivity contribution in [1.29, 1.82) is 0 Å². The Balaban J connectivity index is 1.83. The van der Waals surface area contributed by atoms with Crippen LogP contribution in [-0.4, -0.2) is 13.2 Å². The highest BCUT2D eigenvalue weighted by molar-refractivity contribution is 9.10. The van der Waals surface area contributed by atoms with Crippen LogP contribution in [-0.2, 0) is 6.54 Å².